The molecule has 1 unspecified atom stereocenters. The van der Waals surface area contributed by atoms with E-state index in [1.165, 1.54) is 16.7 Å². The zero-order valence-corrected chi connectivity index (χ0v) is 31.7. The Labute approximate surface area is 306 Å². The number of guanidine groups is 1. The lowest BCUT2D eigenvalue weighted by Crippen LogP contribution is -2.68. The summed E-state index contributed by atoms with van der Waals surface area (Å²) < 4.78 is 0. The van der Waals surface area contributed by atoms with Gasteiger partial charge in [0.25, 0.3) is 0 Å². The summed E-state index contributed by atoms with van der Waals surface area (Å²) in [7, 11) is 7.76. The number of ketones is 1. The smallest absolute Gasteiger partial charge is 0.189 e. The Kier molecular flexibility index (Phi) is 9.79. The topological polar surface area (TPSA) is 128 Å². The van der Waals surface area contributed by atoms with E-state index in [-0.39, 0.29) is 71.7 Å². The standard InChI is InChI=1S/C38H51N3O4S4/c1-36-8-10-46-49-21-38-31-7-6-27(33(38)16-40-35(39)41-38)28-11-22(4-5-23(28)17-43)19-47-48-20-25(31)13-29-32-14-26(36)12-24(18-44)30(3-2-9-42)37(32,36)15-34(29)45/h4-7,11,24-27,30-31,33,42-44H,2-3,8-10,12-21H2,1H3,(H3,39,40,41)/t24-,25-,26-,27?,30-,31+,33-,36+,37+,38+/m1/s1. The van der Waals surface area contributed by atoms with Gasteiger partial charge < -0.3 is 26.4 Å². The molecule has 7 nitrogen and oxygen atoms in total. The molecule has 11 bridgehead atoms. The molecule has 0 radical (unpaired) electrons. The molecule has 2 fully saturated rings. The molecule has 0 aromatic heterocycles. The number of benzene rings is 1. The van der Waals surface area contributed by atoms with E-state index >= 15 is 0 Å². The number of Topliss-reactive ketones (excluding diaryl/α,β-unsaturated/α-hetero) is 1. The van der Waals surface area contributed by atoms with E-state index < -0.39 is 0 Å². The largest absolute Gasteiger partial charge is 0.396 e. The molecule has 6 N–H and O–H groups in total. The van der Waals surface area contributed by atoms with Gasteiger partial charge in [0.1, 0.15) is 0 Å². The third-order valence-electron chi connectivity index (χ3n) is 14.2. The van der Waals surface area contributed by atoms with Crippen LogP contribution in [0.4, 0.5) is 0 Å². The molecule has 10 atom stereocenters. The van der Waals surface area contributed by atoms with Crippen LogP contribution in [-0.2, 0) is 17.2 Å². The summed E-state index contributed by atoms with van der Waals surface area (Å²) in [6.07, 6.45) is 10.8. The lowest BCUT2D eigenvalue weighted by molar-refractivity contribution is -0.125. The number of aliphatic imine (C=N–C) groups is 1. The van der Waals surface area contributed by atoms with Crippen molar-refractivity contribution in [2.45, 2.75) is 75.7 Å². The first-order valence-electron chi connectivity index (χ1n) is 18.2. The van der Waals surface area contributed by atoms with E-state index in [2.05, 4.69) is 42.6 Å². The van der Waals surface area contributed by atoms with Gasteiger partial charge in [0.15, 0.2) is 11.7 Å². The second-order valence-electron chi connectivity index (χ2n) is 16.0. The Morgan fingerprint density at radius 3 is 2.80 bits per heavy atom. The third kappa shape index (κ3) is 5.44. The molecule has 49 heavy (non-hydrogen) atoms. The minimum atomic E-state index is -0.357. The number of aliphatic hydroxyl groups is 3. The fourth-order valence-corrected chi connectivity index (χ4v) is 17.2. The van der Waals surface area contributed by atoms with Gasteiger partial charge in [-0.15, -0.1) is 0 Å². The molecule has 2 saturated carbocycles. The van der Waals surface area contributed by atoms with Crippen LogP contribution in [-0.4, -0.2) is 69.6 Å². The Balaban J connectivity index is 1.29. The summed E-state index contributed by atoms with van der Waals surface area (Å²) >= 11 is 0. The van der Waals surface area contributed by atoms with E-state index in [4.69, 9.17) is 10.7 Å². The zero-order chi connectivity index (χ0) is 34.0. The quantitative estimate of drug-likeness (QED) is 0.179. The molecule has 9 rings (SSSR count). The van der Waals surface area contributed by atoms with Crippen molar-refractivity contribution >= 4 is 54.9 Å². The maximum absolute atomic E-state index is 14.6. The van der Waals surface area contributed by atoms with Crippen molar-refractivity contribution in [3.05, 3.63) is 58.2 Å². The molecule has 4 aliphatic heterocycles. The van der Waals surface area contributed by atoms with Gasteiger partial charge in [-0.25, -0.2) is 0 Å². The first-order valence-corrected chi connectivity index (χ1v) is 23.2. The van der Waals surface area contributed by atoms with Crippen LogP contribution in [0.25, 0.3) is 0 Å². The highest BCUT2D eigenvalue weighted by Gasteiger charge is 2.70. The molecule has 4 aliphatic carbocycles. The Hall–Kier alpha value is -1.08. The average molecular weight is 742 g/mol. The normalized spacial score (nSPS) is 41.4. The Morgan fingerprint density at radius 2 is 1.98 bits per heavy atom. The number of nitrogens with two attached hydrogens (primary N) is 1. The first kappa shape index (κ1) is 35.0. The monoisotopic (exact) mass is 741 g/mol. The minimum absolute atomic E-state index is 0.00450. The molecule has 2 spiro atoms. The van der Waals surface area contributed by atoms with Crippen LogP contribution in [0.2, 0.25) is 0 Å². The van der Waals surface area contributed by atoms with Gasteiger partial charge in [-0.05, 0) is 89.9 Å². The maximum Gasteiger partial charge on any atom is 0.189 e. The summed E-state index contributed by atoms with van der Waals surface area (Å²) in [4.78, 5) is 19.5. The summed E-state index contributed by atoms with van der Waals surface area (Å²) in [6.45, 7) is 3.43. The Morgan fingerprint density at radius 1 is 1.10 bits per heavy atom. The number of fused-ring (bicyclic) bond motifs is 3. The van der Waals surface area contributed by atoms with Crippen molar-refractivity contribution < 1.29 is 20.1 Å². The van der Waals surface area contributed by atoms with Crippen molar-refractivity contribution in [3.8, 4) is 0 Å². The lowest BCUT2D eigenvalue weighted by atomic mass is 9.47. The number of aliphatic hydroxyl groups excluding tert-OH is 3. The first-order chi connectivity index (χ1) is 23.8. The number of hydrogen-bond donors (Lipinski definition) is 5. The number of carbonyl (C=O) groups is 1. The average Bonchev–Trinajstić information content (AvgIpc) is 3.43. The number of carbonyl (C=O) groups excluding carboxylic acids is 1. The second kappa shape index (κ2) is 13.7. The summed E-state index contributed by atoms with van der Waals surface area (Å²) in [5, 5.41) is 35.0. The van der Waals surface area contributed by atoms with Crippen molar-refractivity contribution in [1.29, 1.82) is 0 Å². The second-order valence-corrected chi connectivity index (χ2v) is 21.1. The zero-order valence-electron chi connectivity index (χ0n) is 28.4. The highest BCUT2D eigenvalue weighted by molar-refractivity contribution is 8.76. The molecule has 11 heteroatoms. The van der Waals surface area contributed by atoms with Gasteiger partial charge in [-0.1, -0.05) is 86.0 Å². The number of hydrogen-bond acceptors (Lipinski definition) is 11. The third-order valence-corrected chi connectivity index (χ3v) is 19.1. The van der Waals surface area contributed by atoms with Crippen molar-refractivity contribution in [2.75, 3.05) is 37.0 Å². The molecule has 1 aromatic rings. The molecule has 266 valence electrons. The van der Waals surface area contributed by atoms with Crippen molar-refractivity contribution in [1.82, 2.24) is 5.32 Å². The van der Waals surface area contributed by atoms with Crippen LogP contribution in [0, 0.1) is 46.3 Å². The number of allylic oxidation sites excluding steroid dienone is 3. The van der Waals surface area contributed by atoms with Gasteiger partial charge in [-0.2, -0.15) is 0 Å². The van der Waals surface area contributed by atoms with Crippen molar-refractivity contribution in [3.63, 3.8) is 0 Å². The van der Waals surface area contributed by atoms with Crippen LogP contribution in [0.1, 0.15) is 74.5 Å². The number of nitrogens with zero attached hydrogens (tertiary/aromatic N) is 1. The minimum Gasteiger partial charge on any atom is -0.396 e. The molecule has 1 aromatic carbocycles. The predicted octanol–water partition coefficient (Wildman–Crippen LogP) is 6.09. The van der Waals surface area contributed by atoms with Gasteiger partial charge in [0, 0.05) is 72.4 Å². The summed E-state index contributed by atoms with van der Waals surface area (Å²) in [6, 6.07) is 6.59. The van der Waals surface area contributed by atoms with E-state index in [1.807, 2.05) is 43.2 Å². The molecule has 0 amide bonds. The number of rotatable bonds is 5. The molecular formula is C38H51N3O4S4. The van der Waals surface area contributed by atoms with E-state index in [9.17, 15) is 20.1 Å². The van der Waals surface area contributed by atoms with Gasteiger partial charge in [0.05, 0.1) is 12.1 Å². The van der Waals surface area contributed by atoms with Gasteiger partial charge in [0.2, 0.25) is 0 Å². The van der Waals surface area contributed by atoms with Crippen LogP contribution >= 0.6 is 43.2 Å². The maximum atomic E-state index is 14.6. The van der Waals surface area contributed by atoms with Gasteiger partial charge >= 0.3 is 0 Å². The van der Waals surface area contributed by atoms with Crippen molar-refractivity contribution in [2.24, 2.45) is 57.1 Å². The van der Waals surface area contributed by atoms with Crippen LogP contribution in [0.3, 0.4) is 0 Å². The highest BCUT2D eigenvalue weighted by Crippen LogP contribution is 2.75. The fourth-order valence-electron chi connectivity index (χ4n) is 11.9. The van der Waals surface area contributed by atoms with Crippen LogP contribution < -0.4 is 11.1 Å². The van der Waals surface area contributed by atoms with Crippen LogP contribution in [0.15, 0.2) is 46.5 Å². The Bertz CT molecular complexity index is 1570. The van der Waals surface area contributed by atoms with Gasteiger partial charge in [-0.3, -0.25) is 9.79 Å². The van der Waals surface area contributed by atoms with E-state index in [0.717, 1.165) is 66.3 Å². The molecule has 4 heterocycles. The predicted molar refractivity (Wildman–Crippen MR) is 205 cm³/mol. The van der Waals surface area contributed by atoms with Crippen LogP contribution in [0.5, 0.6) is 0 Å². The highest BCUT2D eigenvalue weighted by atomic mass is 33.1. The molecular weight excluding hydrogens is 691 g/mol. The summed E-state index contributed by atoms with van der Waals surface area (Å²) in [5.41, 5.74) is 12.0. The van der Waals surface area contributed by atoms with E-state index in [1.54, 1.807) is 0 Å². The molecule has 8 aliphatic rings. The lowest BCUT2D eigenvalue weighted by Gasteiger charge is -2.57. The van der Waals surface area contributed by atoms with E-state index in [0.29, 0.717) is 37.0 Å². The summed E-state index contributed by atoms with van der Waals surface area (Å²) in [5.74, 6) is 6.03. The number of nitrogens with one attached hydrogen (secondary N) is 1. The fraction of sp³-hybridized carbons (Fsp3) is 0.684. The SMILES string of the molecule is C[C@]12CCSSC[C@@]34NC(N)=NC[C@@H]3C3C=C[C@H]4[C@@H](CSSCc4ccc(CO)c3c4)CC3=C4C[C@H]1C[C@H](CO)[C@@H](CCCO)[C@@]42CC3=O. The molecule has 0 saturated heterocycles.